The van der Waals surface area contributed by atoms with Crippen LogP contribution < -0.4 is 5.32 Å². The minimum absolute atomic E-state index is 0.0221. The second-order valence-corrected chi connectivity index (χ2v) is 9.71. The number of nitrogens with zero attached hydrogens (tertiary/aromatic N) is 2. The van der Waals surface area contributed by atoms with E-state index in [9.17, 15) is 9.59 Å². The molecule has 2 fully saturated rings. The number of rotatable bonds is 5. The molecule has 2 aromatic rings. The molecule has 176 valence electrons. The zero-order valence-corrected chi connectivity index (χ0v) is 20.3. The van der Waals surface area contributed by atoms with Gasteiger partial charge in [-0.25, -0.2) is 0 Å². The van der Waals surface area contributed by atoms with Crippen LogP contribution in [-0.4, -0.2) is 40.4 Å². The summed E-state index contributed by atoms with van der Waals surface area (Å²) in [7, 11) is 0. The van der Waals surface area contributed by atoms with Crippen molar-refractivity contribution < 1.29 is 9.59 Å². The Morgan fingerprint density at radius 2 is 1.67 bits per heavy atom. The molecule has 0 unspecified atom stereocenters. The van der Waals surface area contributed by atoms with E-state index in [0.29, 0.717) is 19.1 Å². The van der Waals surface area contributed by atoms with Crippen molar-refractivity contribution in [3.8, 4) is 0 Å². The fraction of sp³-hybridized carbons (Fsp3) is 0.500. The number of benzene rings is 1. The molecule has 1 saturated heterocycles. The van der Waals surface area contributed by atoms with Gasteiger partial charge in [0, 0.05) is 48.2 Å². The first kappa shape index (κ1) is 23.3. The van der Waals surface area contributed by atoms with E-state index in [2.05, 4.69) is 29.8 Å². The van der Waals surface area contributed by atoms with Crippen molar-refractivity contribution in [2.75, 3.05) is 13.1 Å². The van der Waals surface area contributed by atoms with Crippen molar-refractivity contribution in [3.05, 3.63) is 64.5 Å². The number of carbonyl (C=O) groups is 2. The third-order valence-electron chi connectivity index (χ3n) is 7.40. The zero-order chi connectivity index (χ0) is 23.4. The van der Waals surface area contributed by atoms with E-state index in [1.54, 1.807) is 6.08 Å². The summed E-state index contributed by atoms with van der Waals surface area (Å²) in [4.78, 5) is 27.3. The quantitative estimate of drug-likeness (QED) is 0.628. The number of aromatic nitrogens is 1. The van der Waals surface area contributed by atoms with Crippen molar-refractivity contribution >= 4 is 17.9 Å². The maximum absolute atomic E-state index is 12.8. The van der Waals surface area contributed by atoms with Gasteiger partial charge in [0.1, 0.15) is 0 Å². The highest BCUT2D eigenvalue weighted by molar-refractivity contribution is 5.96. The lowest BCUT2D eigenvalue weighted by atomic mass is 9.95. The molecule has 2 heterocycles. The first-order valence-corrected chi connectivity index (χ1v) is 12.5. The predicted octanol–water partition coefficient (Wildman–Crippen LogP) is 5.35. The second kappa shape index (κ2) is 10.4. The van der Waals surface area contributed by atoms with Crippen LogP contribution in [0, 0.1) is 20.8 Å². The van der Waals surface area contributed by atoms with Crippen LogP contribution in [0.15, 0.2) is 36.4 Å². The summed E-state index contributed by atoms with van der Waals surface area (Å²) in [6, 6.07) is 10.6. The maximum atomic E-state index is 12.8. The fourth-order valence-corrected chi connectivity index (χ4v) is 5.47. The van der Waals surface area contributed by atoms with Crippen molar-refractivity contribution in [1.82, 2.24) is 14.8 Å². The highest BCUT2D eigenvalue weighted by Gasteiger charge is 2.24. The molecule has 1 N–H and O–H groups in total. The van der Waals surface area contributed by atoms with Crippen molar-refractivity contribution in [1.29, 1.82) is 0 Å². The van der Waals surface area contributed by atoms with Crippen LogP contribution in [0.4, 0.5) is 0 Å². The van der Waals surface area contributed by atoms with Crippen LogP contribution in [0.3, 0.4) is 0 Å². The van der Waals surface area contributed by atoms with Gasteiger partial charge in [-0.05, 0) is 75.8 Å². The van der Waals surface area contributed by atoms with E-state index in [1.807, 2.05) is 42.2 Å². The fourth-order valence-electron chi connectivity index (χ4n) is 5.47. The molecule has 4 rings (SSSR count). The molecule has 33 heavy (non-hydrogen) atoms. The van der Waals surface area contributed by atoms with Gasteiger partial charge < -0.3 is 14.8 Å². The molecule has 0 radical (unpaired) electrons. The molecule has 1 aromatic carbocycles. The lowest BCUT2D eigenvalue weighted by molar-refractivity contribution is -0.126. The second-order valence-electron chi connectivity index (χ2n) is 9.71. The van der Waals surface area contributed by atoms with Gasteiger partial charge in [0.2, 0.25) is 5.91 Å². The number of amides is 2. The van der Waals surface area contributed by atoms with Gasteiger partial charge in [-0.15, -0.1) is 0 Å². The molecule has 0 spiro atoms. The molecule has 1 saturated carbocycles. The molecular formula is C28H37N3O2. The van der Waals surface area contributed by atoms with Gasteiger partial charge >= 0.3 is 0 Å². The van der Waals surface area contributed by atoms with Crippen LogP contribution in [0.5, 0.6) is 0 Å². The molecule has 1 aromatic heterocycles. The van der Waals surface area contributed by atoms with Crippen molar-refractivity contribution in [2.45, 2.75) is 77.8 Å². The number of likely N-dealkylation sites (tertiary alicyclic amines) is 1. The molecule has 0 atom stereocenters. The third kappa shape index (κ3) is 5.40. The van der Waals surface area contributed by atoms with E-state index in [0.717, 1.165) is 29.5 Å². The lowest BCUT2D eigenvalue weighted by Crippen LogP contribution is -2.46. The largest absolute Gasteiger partial charge is 0.349 e. The Hall–Kier alpha value is -2.82. The lowest BCUT2D eigenvalue weighted by Gasteiger charge is -2.32. The predicted molar refractivity (Wildman–Crippen MR) is 133 cm³/mol. The number of hydrogen-bond donors (Lipinski definition) is 1. The number of hydrogen-bond acceptors (Lipinski definition) is 2. The molecule has 1 aliphatic heterocycles. The van der Waals surface area contributed by atoms with Crippen LogP contribution in [0.25, 0.3) is 6.08 Å². The number of carbonyl (C=O) groups excluding carboxylic acids is 2. The van der Waals surface area contributed by atoms with Gasteiger partial charge in [-0.1, -0.05) is 37.5 Å². The summed E-state index contributed by atoms with van der Waals surface area (Å²) in [6.07, 6.45) is 11.8. The monoisotopic (exact) mass is 447 g/mol. The standard InChI is InChI=1S/C28H37N3O2/c1-20-9-7-8-12-26(20)28(33)29-24-15-17-30(18-16-24)27(32)14-13-23-19-21(2)31(22(23)3)25-10-5-4-6-11-25/h7-9,12-14,19,24-25H,4-6,10-11,15-18H2,1-3H3,(H,29,33)/b14-13+. The summed E-state index contributed by atoms with van der Waals surface area (Å²) < 4.78 is 2.48. The van der Waals surface area contributed by atoms with E-state index in [1.165, 1.54) is 43.5 Å². The van der Waals surface area contributed by atoms with E-state index >= 15 is 0 Å². The topological polar surface area (TPSA) is 54.3 Å². The first-order chi connectivity index (χ1) is 15.9. The van der Waals surface area contributed by atoms with Gasteiger partial charge in [0.05, 0.1) is 0 Å². The van der Waals surface area contributed by atoms with E-state index in [4.69, 9.17) is 0 Å². The van der Waals surface area contributed by atoms with Crippen molar-refractivity contribution in [3.63, 3.8) is 0 Å². The molecule has 1 aliphatic carbocycles. The van der Waals surface area contributed by atoms with Crippen molar-refractivity contribution in [2.24, 2.45) is 0 Å². The minimum atomic E-state index is -0.0221. The summed E-state index contributed by atoms with van der Waals surface area (Å²) in [6.45, 7) is 7.65. The Morgan fingerprint density at radius 1 is 0.970 bits per heavy atom. The van der Waals surface area contributed by atoms with Crippen LogP contribution >= 0.6 is 0 Å². The Balaban J connectivity index is 1.31. The average molecular weight is 448 g/mol. The van der Waals surface area contributed by atoms with Crippen LogP contribution in [0.1, 0.15) is 83.9 Å². The Morgan fingerprint density at radius 3 is 2.36 bits per heavy atom. The Labute approximate surface area is 197 Å². The Kier molecular flexibility index (Phi) is 7.36. The highest BCUT2D eigenvalue weighted by Crippen LogP contribution is 2.32. The average Bonchev–Trinajstić information content (AvgIpc) is 3.11. The van der Waals surface area contributed by atoms with E-state index < -0.39 is 0 Å². The maximum Gasteiger partial charge on any atom is 0.251 e. The highest BCUT2D eigenvalue weighted by atomic mass is 16.2. The van der Waals surface area contributed by atoms with Gasteiger partial charge in [0.25, 0.3) is 5.91 Å². The van der Waals surface area contributed by atoms with Gasteiger partial charge in [-0.2, -0.15) is 0 Å². The third-order valence-corrected chi connectivity index (χ3v) is 7.40. The summed E-state index contributed by atoms with van der Waals surface area (Å²) in [5.41, 5.74) is 5.41. The first-order valence-electron chi connectivity index (χ1n) is 12.5. The molecule has 2 amide bonds. The number of piperidine rings is 1. The van der Waals surface area contributed by atoms with Gasteiger partial charge in [-0.3, -0.25) is 9.59 Å². The summed E-state index contributed by atoms with van der Waals surface area (Å²) in [5.74, 6) is 0.0345. The molecule has 5 heteroatoms. The SMILES string of the molecule is Cc1ccccc1C(=O)NC1CCN(C(=O)/C=C/c2cc(C)n(C3CCCCC3)c2C)CC1. The summed E-state index contributed by atoms with van der Waals surface area (Å²) in [5, 5.41) is 3.14. The minimum Gasteiger partial charge on any atom is -0.349 e. The van der Waals surface area contributed by atoms with Crippen LogP contribution in [-0.2, 0) is 4.79 Å². The normalized spacial score (nSPS) is 18.1. The summed E-state index contributed by atoms with van der Waals surface area (Å²) >= 11 is 0. The Bertz CT molecular complexity index is 1020. The molecule has 0 bridgehead atoms. The zero-order valence-electron chi connectivity index (χ0n) is 20.3. The molecule has 5 nitrogen and oxygen atoms in total. The van der Waals surface area contributed by atoms with Gasteiger partial charge in [0.15, 0.2) is 0 Å². The molecular weight excluding hydrogens is 410 g/mol. The van der Waals surface area contributed by atoms with Crippen LogP contribution in [0.2, 0.25) is 0 Å². The molecule has 2 aliphatic rings. The number of nitrogens with one attached hydrogen (secondary N) is 1. The smallest absolute Gasteiger partial charge is 0.251 e. The number of aryl methyl sites for hydroxylation is 2. The van der Waals surface area contributed by atoms with E-state index in [-0.39, 0.29) is 17.9 Å².